The van der Waals surface area contributed by atoms with E-state index in [0.717, 1.165) is 0 Å². The maximum Gasteiger partial charge on any atom is 0.354 e. The van der Waals surface area contributed by atoms with E-state index < -0.39 is 5.97 Å². The topological polar surface area (TPSA) is 66.3 Å². The summed E-state index contributed by atoms with van der Waals surface area (Å²) in [6, 6.07) is 5.51. The first-order chi connectivity index (χ1) is 8.59. The Morgan fingerprint density at radius 2 is 2.28 bits per heavy atom. The van der Waals surface area contributed by atoms with Crippen LogP contribution in [0.5, 0.6) is 0 Å². The number of carbonyl (C=O) groups is 1. The number of anilines is 1. The van der Waals surface area contributed by atoms with Crippen LogP contribution in [0.2, 0.25) is 0 Å². The second-order valence-corrected chi connectivity index (χ2v) is 4.83. The molecule has 0 aromatic carbocycles. The molecule has 94 valence electrons. The fourth-order valence-electron chi connectivity index (χ4n) is 1.53. The fourth-order valence-corrected chi connectivity index (χ4v) is 2.36. The van der Waals surface area contributed by atoms with Crippen molar-refractivity contribution in [1.29, 1.82) is 0 Å². The molecule has 0 aliphatic carbocycles. The SMILES string of the molecule is CC(c1cccs1)N(C)c1nccc(C(=O)O)n1. The van der Waals surface area contributed by atoms with E-state index in [1.165, 1.54) is 17.1 Å². The Balaban J connectivity index is 2.25. The zero-order valence-electron chi connectivity index (χ0n) is 10.1. The van der Waals surface area contributed by atoms with Gasteiger partial charge in [0.2, 0.25) is 5.95 Å². The number of aromatic carboxylic acids is 1. The number of thiophene rings is 1. The first-order valence-electron chi connectivity index (χ1n) is 5.42. The highest BCUT2D eigenvalue weighted by Crippen LogP contribution is 2.25. The van der Waals surface area contributed by atoms with Gasteiger partial charge in [0.15, 0.2) is 5.69 Å². The molecule has 2 rings (SSSR count). The summed E-state index contributed by atoms with van der Waals surface area (Å²) in [6.45, 7) is 2.03. The van der Waals surface area contributed by atoms with Crippen molar-refractivity contribution in [2.45, 2.75) is 13.0 Å². The number of hydrogen-bond donors (Lipinski definition) is 1. The summed E-state index contributed by atoms with van der Waals surface area (Å²) < 4.78 is 0. The van der Waals surface area contributed by atoms with E-state index in [4.69, 9.17) is 5.11 Å². The van der Waals surface area contributed by atoms with Crippen molar-refractivity contribution in [3.63, 3.8) is 0 Å². The molecule has 2 aromatic heterocycles. The Bertz CT molecular complexity index is 542. The molecule has 0 bridgehead atoms. The van der Waals surface area contributed by atoms with Gasteiger partial charge in [-0.25, -0.2) is 14.8 Å². The molecular formula is C12H13N3O2S. The second-order valence-electron chi connectivity index (χ2n) is 3.85. The summed E-state index contributed by atoms with van der Waals surface area (Å²) in [5, 5.41) is 10.9. The van der Waals surface area contributed by atoms with Crippen LogP contribution < -0.4 is 4.90 Å². The average Bonchev–Trinajstić information content (AvgIpc) is 2.91. The Morgan fingerprint density at radius 3 is 2.89 bits per heavy atom. The van der Waals surface area contributed by atoms with E-state index in [1.807, 2.05) is 36.4 Å². The van der Waals surface area contributed by atoms with Crippen LogP contribution in [0.4, 0.5) is 5.95 Å². The molecule has 0 aliphatic rings. The monoisotopic (exact) mass is 263 g/mol. The van der Waals surface area contributed by atoms with Gasteiger partial charge in [-0.2, -0.15) is 0 Å². The lowest BCUT2D eigenvalue weighted by molar-refractivity contribution is 0.0690. The molecule has 0 spiro atoms. The molecule has 1 N–H and O–H groups in total. The molecular weight excluding hydrogens is 250 g/mol. The smallest absolute Gasteiger partial charge is 0.354 e. The van der Waals surface area contributed by atoms with E-state index in [0.29, 0.717) is 5.95 Å². The van der Waals surface area contributed by atoms with Crippen molar-refractivity contribution in [2.75, 3.05) is 11.9 Å². The van der Waals surface area contributed by atoms with Gasteiger partial charge < -0.3 is 10.0 Å². The molecule has 0 saturated heterocycles. The number of carboxylic acid groups (broad SMARTS) is 1. The minimum Gasteiger partial charge on any atom is -0.477 e. The van der Waals surface area contributed by atoms with E-state index in [9.17, 15) is 4.79 Å². The van der Waals surface area contributed by atoms with Crippen molar-refractivity contribution in [3.05, 3.63) is 40.3 Å². The number of hydrogen-bond acceptors (Lipinski definition) is 5. The highest BCUT2D eigenvalue weighted by Gasteiger charge is 2.16. The third-order valence-corrected chi connectivity index (χ3v) is 3.76. The lowest BCUT2D eigenvalue weighted by Crippen LogP contribution is -2.23. The highest BCUT2D eigenvalue weighted by atomic mass is 32.1. The van der Waals surface area contributed by atoms with Gasteiger partial charge >= 0.3 is 5.97 Å². The number of aromatic nitrogens is 2. The molecule has 2 aromatic rings. The molecule has 6 heteroatoms. The Hall–Kier alpha value is -1.95. The Kier molecular flexibility index (Phi) is 3.57. The lowest BCUT2D eigenvalue weighted by atomic mass is 10.2. The van der Waals surface area contributed by atoms with Crippen LogP contribution >= 0.6 is 11.3 Å². The van der Waals surface area contributed by atoms with Gasteiger partial charge in [-0.1, -0.05) is 6.07 Å². The van der Waals surface area contributed by atoms with Gasteiger partial charge in [0.05, 0.1) is 6.04 Å². The molecule has 0 aliphatic heterocycles. The van der Waals surface area contributed by atoms with Crippen molar-refractivity contribution in [3.8, 4) is 0 Å². The molecule has 1 atom stereocenters. The molecule has 0 amide bonds. The van der Waals surface area contributed by atoms with Gasteiger partial charge in [-0.15, -0.1) is 11.3 Å². The van der Waals surface area contributed by atoms with E-state index in [2.05, 4.69) is 9.97 Å². The molecule has 0 fully saturated rings. The standard InChI is InChI=1S/C12H13N3O2S/c1-8(10-4-3-7-18-10)15(2)12-13-6-5-9(14-12)11(16)17/h3-8H,1-2H3,(H,16,17). The van der Waals surface area contributed by atoms with E-state index >= 15 is 0 Å². The van der Waals surface area contributed by atoms with Crippen LogP contribution in [0.1, 0.15) is 28.3 Å². The van der Waals surface area contributed by atoms with Crippen molar-refractivity contribution < 1.29 is 9.90 Å². The molecule has 0 saturated carbocycles. The van der Waals surface area contributed by atoms with Gasteiger partial charge in [0.25, 0.3) is 0 Å². The minimum atomic E-state index is -1.05. The summed E-state index contributed by atoms with van der Waals surface area (Å²) >= 11 is 1.65. The Labute approximate surface area is 109 Å². The van der Waals surface area contributed by atoms with Crippen LogP contribution in [-0.2, 0) is 0 Å². The zero-order chi connectivity index (χ0) is 13.1. The number of nitrogens with zero attached hydrogens (tertiary/aromatic N) is 3. The van der Waals surface area contributed by atoms with Crippen LogP contribution in [0.25, 0.3) is 0 Å². The molecule has 5 nitrogen and oxygen atoms in total. The third-order valence-electron chi connectivity index (χ3n) is 2.71. The summed E-state index contributed by atoms with van der Waals surface area (Å²) in [7, 11) is 1.85. The van der Waals surface area contributed by atoms with Crippen LogP contribution in [0, 0.1) is 0 Å². The first kappa shape index (κ1) is 12.5. The van der Waals surface area contributed by atoms with E-state index in [-0.39, 0.29) is 11.7 Å². The van der Waals surface area contributed by atoms with Gasteiger partial charge in [0, 0.05) is 18.1 Å². The van der Waals surface area contributed by atoms with Crippen molar-refractivity contribution in [1.82, 2.24) is 9.97 Å². The molecule has 2 heterocycles. The van der Waals surface area contributed by atoms with Crippen LogP contribution in [0.15, 0.2) is 29.8 Å². The normalized spacial score (nSPS) is 12.1. The van der Waals surface area contributed by atoms with Gasteiger partial charge in [0.1, 0.15) is 0 Å². The first-order valence-corrected chi connectivity index (χ1v) is 6.30. The molecule has 1 unspecified atom stereocenters. The highest BCUT2D eigenvalue weighted by molar-refractivity contribution is 7.10. The summed E-state index contributed by atoms with van der Waals surface area (Å²) in [4.78, 5) is 22.0. The lowest BCUT2D eigenvalue weighted by Gasteiger charge is -2.23. The predicted molar refractivity (Wildman–Crippen MR) is 70.1 cm³/mol. The maximum atomic E-state index is 10.9. The van der Waals surface area contributed by atoms with Crippen molar-refractivity contribution >= 4 is 23.3 Å². The predicted octanol–water partition coefficient (Wildman–Crippen LogP) is 2.43. The van der Waals surface area contributed by atoms with Gasteiger partial charge in [-0.3, -0.25) is 0 Å². The van der Waals surface area contributed by atoms with Crippen LogP contribution in [0.3, 0.4) is 0 Å². The summed E-state index contributed by atoms with van der Waals surface area (Å²) in [5.74, 6) is -0.633. The van der Waals surface area contributed by atoms with Gasteiger partial charge in [-0.05, 0) is 24.4 Å². The van der Waals surface area contributed by atoms with Crippen molar-refractivity contribution in [2.24, 2.45) is 0 Å². The van der Waals surface area contributed by atoms with Crippen LogP contribution in [-0.4, -0.2) is 28.1 Å². The number of rotatable bonds is 4. The minimum absolute atomic E-state index is 0.00484. The largest absolute Gasteiger partial charge is 0.477 e. The zero-order valence-corrected chi connectivity index (χ0v) is 10.9. The fraction of sp³-hybridized carbons (Fsp3) is 0.250. The summed E-state index contributed by atoms with van der Waals surface area (Å²) in [6.07, 6.45) is 1.46. The van der Waals surface area contributed by atoms with E-state index in [1.54, 1.807) is 11.3 Å². The molecule has 18 heavy (non-hydrogen) atoms. The molecule has 0 radical (unpaired) electrons. The third kappa shape index (κ3) is 2.48. The quantitative estimate of drug-likeness (QED) is 0.917. The summed E-state index contributed by atoms with van der Waals surface area (Å²) in [5.41, 5.74) is 0.00484. The maximum absolute atomic E-state index is 10.9. The Morgan fingerprint density at radius 1 is 1.50 bits per heavy atom. The second kappa shape index (κ2) is 5.14. The number of carboxylic acids is 1. The average molecular weight is 263 g/mol.